The molecule has 0 spiro atoms. The van der Waals surface area contributed by atoms with Gasteiger partial charge < -0.3 is 72.2 Å². The minimum Gasteiger partial charge on any atom is -0.493 e. The number of carbonyl (C=O) groups excluding carboxylic acids is 4. The standard InChI is InChI=1S/2C30H53N3O6/c2*1-19(2)22(14-21-10-11-26(38-8)27(15-21)39-13-9-12-37-7)16-24(31)25(34)17-23(20(3)4)28(35)33-18-30(5,6)29(32)36/h2*10-11,15,19-20,22-25,34H,9,12-14,16-18,31H2,1-8H3,(H2,32,36)(H,33,35)/t2*22-,23-,24-,25-/m00/s1/i1D3,2D3,3D3,4D3,14D2,16D2,17D2,19D,20D,22D,23D,24D,25D;5D3,6D3,18D2. The minimum absolute atomic E-state index is 0.00426. The van der Waals surface area contributed by atoms with Gasteiger partial charge in [0.15, 0.2) is 23.0 Å². The monoisotopic (exact) mass is 1130 g/mol. The molecule has 18 nitrogen and oxygen atoms in total. The Morgan fingerprint density at radius 3 is 1.71 bits per heavy atom. The molecule has 12 N–H and O–H groups in total. The van der Waals surface area contributed by atoms with Crippen molar-refractivity contribution in [2.45, 2.75) is 158 Å². The molecule has 0 radical (unpaired) electrons. The molecule has 8 atom stereocenters. The molecule has 0 unspecified atom stereocenters. The number of carbonyl (C=O) groups is 4. The van der Waals surface area contributed by atoms with E-state index in [0.717, 1.165) is 32.6 Å². The van der Waals surface area contributed by atoms with Crippen LogP contribution in [0.25, 0.3) is 0 Å². The van der Waals surface area contributed by atoms with Gasteiger partial charge in [-0.05, 0) is 137 Å². The molecule has 18 heteroatoms. The lowest BCUT2D eigenvalue weighted by molar-refractivity contribution is -0.131. The van der Waals surface area contributed by atoms with Crippen LogP contribution >= 0.6 is 0 Å². The maximum atomic E-state index is 14.1. The maximum absolute atomic E-state index is 14.1. The van der Waals surface area contributed by atoms with Crippen LogP contribution in [0.15, 0.2) is 36.4 Å². The molecule has 4 amide bonds. The van der Waals surface area contributed by atoms with Crippen molar-refractivity contribution in [3.63, 3.8) is 0 Å². The summed E-state index contributed by atoms with van der Waals surface area (Å²) >= 11 is 0. The smallest absolute Gasteiger partial charge is 0.224 e. The average Bonchev–Trinajstić information content (AvgIpc) is 0.659. The lowest BCUT2D eigenvalue weighted by Crippen LogP contribution is -2.46. The lowest BCUT2D eigenvalue weighted by Gasteiger charge is -2.30. The number of amides is 4. The Labute approximate surface area is 513 Å². The Morgan fingerprint density at radius 2 is 1.23 bits per heavy atom. The first-order valence-electron chi connectivity index (χ1n) is 40.8. The van der Waals surface area contributed by atoms with Crippen LogP contribution in [0.3, 0.4) is 0 Å². The number of rotatable bonds is 38. The fourth-order valence-corrected chi connectivity index (χ4v) is 6.82. The van der Waals surface area contributed by atoms with Gasteiger partial charge in [-0.2, -0.15) is 0 Å². The summed E-state index contributed by atoms with van der Waals surface area (Å²) in [6, 6.07) is 1.92. The summed E-state index contributed by atoms with van der Waals surface area (Å²) in [5.41, 5.74) is 17.1. The van der Waals surface area contributed by atoms with E-state index >= 15 is 0 Å². The van der Waals surface area contributed by atoms with Gasteiger partial charge in [-0.1, -0.05) is 67.2 Å². The number of nitrogens with two attached hydrogens (primary N) is 4. The van der Waals surface area contributed by atoms with Crippen molar-refractivity contribution >= 4 is 23.6 Å². The largest absolute Gasteiger partial charge is 0.493 e. The van der Waals surface area contributed by atoms with Gasteiger partial charge in [0.2, 0.25) is 23.6 Å². The van der Waals surface area contributed by atoms with Crippen LogP contribution < -0.4 is 52.5 Å². The Kier molecular flexibility index (Phi) is 15.9. The van der Waals surface area contributed by atoms with E-state index in [-0.39, 0.29) is 43.6 Å². The van der Waals surface area contributed by atoms with Crippen LogP contribution in [0.2, 0.25) is 0 Å². The average molecular weight is 1140 g/mol. The van der Waals surface area contributed by atoms with Crippen LogP contribution in [0.1, 0.15) is 176 Å². The van der Waals surface area contributed by atoms with Crippen molar-refractivity contribution in [1.82, 2.24) is 10.6 Å². The molecule has 2 aromatic carbocycles. The Bertz CT molecular complexity index is 3360. The molecule has 0 saturated heterocycles. The summed E-state index contributed by atoms with van der Waals surface area (Å²) in [6.45, 7) is -20.2. The predicted molar refractivity (Wildman–Crippen MR) is 309 cm³/mol. The third kappa shape index (κ3) is 25.6. The van der Waals surface area contributed by atoms with Gasteiger partial charge >= 0.3 is 0 Å². The SMILES string of the molecule is [2H]C([2H])([2H])C(C(N)=O)(C([2H])([2H])[2H])C([2H])([2H])NC(=O)[C@@H](C[C@H](O)[C@@H](N)C[C@H](Cc1ccc(OC)c(OCCCOC)c1)C(C)C)C(C)C.[2H]C([2H])([2H])C([2H])(C([2H])([2H])[2H])[C@@]([2H])(C(=O)NCC(C)(C)C(N)=O)C([2H])([2H])[C@]([2H])(O)[C@@]([2H])(N)C([2H])([2H])[C@]([2H])(C([2H])([2H])c1ccc(OC)c(OCCCOC)c1)C([2H])(C([2H])([2H])[2H])C([2H])([2H])[2H]. The van der Waals surface area contributed by atoms with Gasteiger partial charge in [0, 0.05) is 117 Å². The second-order valence-corrected chi connectivity index (χ2v) is 19.3. The first-order chi connectivity index (χ1) is 49.0. The summed E-state index contributed by atoms with van der Waals surface area (Å²) in [5.74, 6) is -27.8. The molecular weight excluding hydrogens is 997 g/mol. The quantitative estimate of drug-likeness (QED) is 0.0330. The molecule has 0 heterocycles. The second-order valence-electron chi connectivity index (χ2n) is 19.3. The minimum atomic E-state index is -5.42. The van der Waals surface area contributed by atoms with Crippen LogP contribution in [0, 0.1) is 58.1 Å². The summed E-state index contributed by atoms with van der Waals surface area (Å²) in [6.07, 6.45) is -19.9. The zero-order valence-electron chi connectivity index (χ0n) is 78.3. The molecule has 0 aromatic heterocycles. The summed E-state index contributed by atoms with van der Waals surface area (Å²) in [7, 11) is 5.64. The molecule has 0 aliphatic rings. The first kappa shape index (κ1) is 34.5. The Hall–Kier alpha value is -4.72. The molecule has 0 aliphatic heterocycles. The van der Waals surface area contributed by atoms with E-state index in [2.05, 4.69) is 0 Å². The number of benzene rings is 2. The van der Waals surface area contributed by atoms with Crippen molar-refractivity contribution < 1.29 is 102 Å². The van der Waals surface area contributed by atoms with Gasteiger partial charge in [-0.15, -0.1) is 0 Å². The van der Waals surface area contributed by atoms with Crippen molar-refractivity contribution in [3.8, 4) is 23.0 Å². The highest BCUT2D eigenvalue weighted by Gasteiger charge is 2.34. The number of aliphatic hydroxyl groups is 2. The molecule has 448 valence electrons. The van der Waals surface area contributed by atoms with E-state index in [4.69, 9.17) is 91.1 Å². The summed E-state index contributed by atoms with van der Waals surface area (Å²) in [5, 5.41) is 26.6. The highest BCUT2D eigenvalue weighted by molar-refractivity contribution is 5.83. The van der Waals surface area contributed by atoms with E-state index in [1.54, 1.807) is 33.4 Å². The van der Waals surface area contributed by atoms with E-state index < -0.39 is 179 Å². The molecule has 0 fully saturated rings. The number of aliphatic hydroxyl groups excluding tert-OH is 1. The fraction of sp³-hybridized carbons (Fsp3) is 0.733. The third-order valence-electron chi connectivity index (χ3n) is 11.9. The van der Waals surface area contributed by atoms with Crippen LogP contribution in [0.5, 0.6) is 23.0 Å². The molecular formula is C60H106N6O12. The van der Waals surface area contributed by atoms with E-state index in [1.807, 2.05) is 37.4 Å². The van der Waals surface area contributed by atoms with Gasteiger partial charge in [0.05, 0.1) is 54.6 Å². The van der Waals surface area contributed by atoms with Gasteiger partial charge in [-0.3, -0.25) is 19.2 Å². The Balaban J connectivity index is 0.00000115. The van der Waals surface area contributed by atoms with Crippen molar-refractivity contribution in [3.05, 3.63) is 47.5 Å². The topological polar surface area (TPSA) is 292 Å². The molecule has 0 bridgehead atoms. The van der Waals surface area contributed by atoms with E-state index in [0.29, 0.717) is 56.1 Å². The summed E-state index contributed by atoms with van der Waals surface area (Å²) in [4.78, 5) is 51.9. The number of hydrogen-bond acceptors (Lipinski definition) is 14. The first-order valence-corrected chi connectivity index (χ1v) is 24.8. The van der Waals surface area contributed by atoms with E-state index in [9.17, 15) is 33.5 Å². The van der Waals surface area contributed by atoms with Gasteiger partial charge in [-0.25, -0.2) is 0 Å². The van der Waals surface area contributed by atoms with Crippen LogP contribution in [-0.4, -0.2) is 126 Å². The highest BCUT2D eigenvalue weighted by Crippen LogP contribution is 2.34. The van der Waals surface area contributed by atoms with Crippen molar-refractivity contribution in [2.75, 3.05) is 67.9 Å². The van der Waals surface area contributed by atoms with E-state index in [1.165, 1.54) is 7.11 Å². The fourth-order valence-electron chi connectivity index (χ4n) is 6.82. The van der Waals surface area contributed by atoms with Crippen LogP contribution in [0.4, 0.5) is 0 Å². The van der Waals surface area contributed by atoms with Crippen molar-refractivity contribution in [2.24, 2.45) is 81.0 Å². The van der Waals surface area contributed by atoms with Gasteiger partial charge in [0.25, 0.3) is 0 Å². The molecule has 0 saturated carbocycles. The number of ether oxygens (including phenoxy) is 6. The zero-order valence-corrected chi connectivity index (χ0v) is 46.3. The normalized spacial score (nSPS) is 24.7. The third-order valence-corrected chi connectivity index (χ3v) is 11.9. The van der Waals surface area contributed by atoms with Crippen LogP contribution in [-0.2, 0) is 41.4 Å². The number of nitrogens with one attached hydrogen (secondary N) is 2. The molecule has 2 aromatic rings. The molecule has 0 aliphatic carbocycles. The van der Waals surface area contributed by atoms with Gasteiger partial charge in [0.1, 0.15) is 0 Å². The maximum Gasteiger partial charge on any atom is 0.224 e. The molecule has 78 heavy (non-hydrogen) atoms. The predicted octanol–water partition coefficient (Wildman–Crippen LogP) is 6.59. The number of methoxy groups -OCH3 is 4. The highest BCUT2D eigenvalue weighted by atomic mass is 16.5. The summed E-state index contributed by atoms with van der Waals surface area (Å²) < 4.78 is 301. The number of hydrogen-bond donors (Lipinski definition) is 8. The molecule has 2 rings (SSSR count). The Morgan fingerprint density at radius 1 is 0.692 bits per heavy atom. The second kappa shape index (κ2) is 35.8. The number of primary amides is 2. The lowest BCUT2D eigenvalue weighted by atomic mass is 9.80. The van der Waals surface area contributed by atoms with Crippen molar-refractivity contribution in [1.29, 1.82) is 0 Å². The zero-order chi connectivity index (χ0) is 87.2.